The molecule has 0 spiro atoms. The van der Waals surface area contributed by atoms with Crippen molar-refractivity contribution >= 4 is 13.9 Å². The number of carbonyl (C=O) groups excluding carboxylic acids is 1. The molecular formula is C21H27NO3Si. The topological polar surface area (TPSA) is 47.6 Å². The second-order valence-electron chi connectivity index (χ2n) is 8.29. The van der Waals surface area contributed by atoms with Crippen molar-refractivity contribution in [2.45, 2.75) is 45.3 Å². The first kappa shape index (κ1) is 18.8. The van der Waals surface area contributed by atoms with Crippen LogP contribution in [-0.4, -0.2) is 26.1 Å². The smallest absolute Gasteiger partial charge is 0.337 e. The number of rotatable bonds is 5. The highest BCUT2D eigenvalue weighted by Crippen LogP contribution is 2.44. The Morgan fingerprint density at radius 1 is 1.00 bits per heavy atom. The number of hydroxylamine groups is 1. The molecule has 0 bridgehead atoms. The molecule has 0 amide bonds. The van der Waals surface area contributed by atoms with Gasteiger partial charge in [-0.05, 0) is 56.1 Å². The number of carbonyl (C=O) groups is 1. The molecule has 0 saturated heterocycles. The maximum absolute atomic E-state index is 12.6. The van der Waals surface area contributed by atoms with Crippen molar-refractivity contribution in [3.8, 4) is 11.1 Å². The Hall–Kier alpha value is -1.95. The molecule has 1 N–H and O–H groups in total. The van der Waals surface area contributed by atoms with Gasteiger partial charge in [-0.1, -0.05) is 48.5 Å². The van der Waals surface area contributed by atoms with Gasteiger partial charge in [-0.3, -0.25) is 4.79 Å². The van der Waals surface area contributed by atoms with E-state index in [0.717, 1.165) is 0 Å². The van der Waals surface area contributed by atoms with Gasteiger partial charge in [0.05, 0.1) is 0 Å². The molecule has 0 saturated carbocycles. The van der Waals surface area contributed by atoms with Crippen molar-refractivity contribution in [1.29, 1.82) is 0 Å². The summed E-state index contributed by atoms with van der Waals surface area (Å²) in [5, 5.41) is 0. The summed E-state index contributed by atoms with van der Waals surface area (Å²) in [5.74, 6) is 0.0757. The molecule has 4 nitrogen and oxygen atoms in total. The van der Waals surface area contributed by atoms with E-state index in [2.05, 4.69) is 29.7 Å². The molecule has 26 heavy (non-hydrogen) atoms. The van der Waals surface area contributed by atoms with E-state index in [1.807, 2.05) is 58.1 Å². The molecule has 2 aromatic carbocycles. The van der Waals surface area contributed by atoms with Crippen LogP contribution >= 0.6 is 0 Å². The number of ether oxygens (including phenoxy) is 1. The van der Waals surface area contributed by atoms with Crippen molar-refractivity contribution in [2.24, 2.45) is 0 Å². The lowest BCUT2D eigenvalue weighted by Crippen LogP contribution is -2.50. The largest absolute Gasteiger partial charge is 0.467 e. The highest BCUT2D eigenvalue weighted by atomic mass is 28.4. The predicted octanol–water partition coefficient (Wildman–Crippen LogP) is 5.04. The fourth-order valence-corrected chi connectivity index (χ4v) is 4.17. The van der Waals surface area contributed by atoms with Gasteiger partial charge >= 0.3 is 13.9 Å². The average Bonchev–Trinajstić information content (AvgIpc) is 2.91. The van der Waals surface area contributed by atoms with E-state index >= 15 is 0 Å². The summed E-state index contributed by atoms with van der Waals surface area (Å²) in [6.07, 6.45) is 0. The first-order valence-corrected chi connectivity index (χ1v) is 11.9. The molecule has 1 aliphatic carbocycles. The molecular weight excluding hydrogens is 342 g/mol. The maximum atomic E-state index is 12.6. The van der Waals surface area contributed by atoms with Crippen molar-refractivity contribution in [2.75, 3.05) is 6.61 Å². The summed E-state index contributed by atoms with van der Waals surface area (Å²) in [4.78, 5) is 12.6. The Kier molecular flexibility index (Phi) is 5.06. The van der Waals surface area contributed by atoms with Crippen molar-refractivity contribution < 1.29 is 14.1 Å². The molecule has 0 fully saturated rings. The summed E-state index contributed by atoms with van der Waals surface area (Å²) in [7, 11) is -2.64. The molecule has 0 heterocycles. The van der Waals surface area contributed by atoms with Crippen molar-refractivity contribution in [3.63, 3.8) is 0 Å². The second kappa shape index (κ2) is 6.99. The number of benzene rings is 2. The van der Waals surface area contributed by atoms with E-state index in [-0.39, 0.29) is 17.0 Å². The molecule has 0 aliphatic heterocycles. The van der Waals surface area contributed by atoms with Gasteiger partial charge in [0.15, 0.2) is 0 Å². The summed E-state index contributed by atoms with van der Waals surface area (Å²) >= 11 is 0. The van der Waals surface area contributed by atoms with Crippen LogP contribution in [0.3, 0.4) is 0 Å². The lowest BCUT2D eigenvalue weighted by atomic mass is 9.98. The first-order chi connectivity index (χ1) is 12.2. The van der Waals surface area contributed by atoms with Crippen LogP contribution in [0.1, 0.15) is 37.8 Å². The first-order valence-electron chi connectivity index (χ1n) is 9.00. The quantitative estimate of drug-likeness (QED) is 0.592. The highest BCUT2D eigenvalue weighted by molar-refractivity contribution is 6.98. The zero-order valence-electron chi connectivity index (χ0n) is 16.1. The monoisotopic (exact) mass is 369 g/mol. The van der Waals surface area contributed by atoms with E-state index < -0.39 is 8.32 Å². The van der Waals surface area contributed by atoms with Crippen LogP contribution in [0.5, 0.6) is 0 Å². The second-order valence-corrected chi connectivity index (χ2v) is 11.9. The Morgan fingerprint density at radius 3 is 2.00 bits per heavy atom. The van der Waals surface area contributed by atoms with Crippen LogP contribution in [0.25, 0.3) is 11.1 Å². The predicted molar refractivity (Wildman–Crippen MR) is 107 cm³/mol. The molecule has 2 aromatic rings. The zero-order valence-corrected chi connectivity index (χ0v) is 17.1. The van der Waals surface area contributed by atoms with Gasteiger partial charge in [-0.15, -0.1) is 0 Å². The minimum absolute atomic E-state index is 0.0757. The SMILES string of the molecule is CC(C)(C)NO[Si](C)(C)C(=O)OCC1c2ccccc2-c2ccccc21. The lowest BCUT2D eigenvalue weighted by molar-refractivity contribution is 0.0999. The van der Waals surface area contributed by atoms with Gasteiger partial charge in [0, 0.05) is 11.5 Å². The van der Waals surface area contributed by atoms with E-state index in [4.69, 9.17) is 9.26 Å². The highest BCUT2D eigenvalue weighted by Gasteiger charge is 2.38. The summed E-state index contributed by atoms with van der Waals surface area (Å²) in [6, 6.07) is 16.7. The Balaban J connectivity index is 1.73. The van der Waals surface area contributed by atoms with E-state index in [9.17, 15) is 4.79 Å². The molecule has 0 atom stereocenters. The van der Waals surface area contributed by atoms with Crippen LogP contribution in [0, 0.1) is 0 Å². The minimum Gasteiger partial charge on any atom is -0.467 e. The summed E-state index contributed by atoms with van der Waals surface area (Å²) in [6.45, 7) is 10.0. The third kappa shape index (κ3) is 3.90. The molecule has 5 heteroatoms. The van der Waals surface area contributed by atoms with Gasteiger partial charge in [0.1, 0.15) is 6.61 Å². The normalized spacial score (nSPS) is 14.0. The van der Waals surface area contributed by atoms with E-state index in [1.54, 1.807) is 0 Å². The van der Waals surface area contributed by atoms with Crippen LogP contribution in [-0.2, 0) is 9.26 Å². The number of hydrogen-bond donors (Lipinski definition) is 1. The van der Waals surface area contributed by atoms with Crippen LogP contribution in [0.4, 0.5) is 4.79 Å². The molecule has 0 aromatic heterocycles. The third-order valence-corrected chi connectivity index (χ3v) is 6.19. The van der Waals surface area contributed by atoms with Gasteiger partial charge in [-0.2, -0.15) is 0 Å². The summed E-state index contributed by atoms with van der Waals surface area (Å²) < 4.78 is 11.5. The molecule has 0 radical (unpaired) electrons. The van der Waals surface area contributed by atoms with E-state index in [0.29, 0.717) is 6.61 Å². The van der Waals surface area contributed by atoms with Crippen molar-refractivity contribution in [1.82, 2.24) is 5.48 Å². The fourth-order valence-electron chi connectivity index (χ4n) is 3.09. The van der Waals surface area contributed by atoms with Crippen molar-refractivity contribution in [3.05, 3.63) is 59.7 Å². The zero-order chi connectivity index (χ0) is 18.9. The molecule has 138 valence electrons. The Labute approximate surface area is 156 Å². The van der Waals surface area contributed by atoms with Gasteiger partial charge in [-0.25, -0.2) is 5.48 Å². The maximum Gasteiger partial charge on any atom is 0.337 e. The number of hydrogen-bond acceptors (Lipinski definition) is 4. The Bertz CT molecular complexity index is 765. The number of nitrogens with one attached hydrogen (secondary N) is 1. The third-order valence-electron chi connectivity index (χ3n) is 4.45. The van der Waals surface area contributed by atoms with Gasteiger partial charge < -0.3 is 9.26 Å². The van der Waals surface area contributed by atoms with Gasteiger partial charge in [0.2, 0.25) is 0 Å². The standard InChI is InChI=1S/C21H27NO3Si/c1-21(2,3)22-25-26(4,5)20(23)24-14-19-17-12-8-6-10-15(17)16-11-7-9-13-18(16)19/h6-13,19,22H,14H2,1-5H3. The average molecular weight is 370 g/mol. The molecule has 3 rings (SSSR count). The van der Waals surface area contributed by atoms with E-state index in [1.165, 1.54) is 22.3 Å². The molecule has 0 unspecified atom stereocenters. The fraction of sp³-hybridized carbons (Fsp3) is 0.381. The summed E-state index contributed by atoms with van der Waals surface area (Å²) in [5.41, 5.74) is 7.40. The lowest BCUT2D eigenvalue weighted by Gasteiger charge is -2.27. The van der Waals surface area contributed by atoms with Crippen LogP contribution < -0.4 is 5.48 Å². The Morgan fingerprint density at radius 2 is 1.50 bits per heavy atom. The molecule has 1 aliphatic rings. The van der Waals surface area contributed by atoms with Crippen LogP contribution in [0.2, 0.25) is 13.1 Å². The van der Waals surface area contributed by atoms with Gasteiger partial charge in [0.25, 0.3) is 0 Å². The number of fused-ring (bicyclic) bond motifs is 3. The van der Waals surface area contributed by atoms with Crippen LogP contribution in [0.15, 0.2) is 48.5 Å². The minimum atomic E-state index is -2.64.